The predicted octanol–water partition coefficient (Wildman–Crippen LogP) is 19.4. The van der Waals surface area contributed by atoms with E-state index in [1.807, 2.05) is 0 Å². The lowest BCUT2D eigenvalue weighted by Gasteiger charge is -2.46. The smallest absolute Gasteiger partial charge is 0.220 e. The molecule has 9 N–H and O–H groups in total. The Morgan fingerprint density at radius 3 is 1.08 bits per heavy atom. The lowest BCUT2D eigenvalue weighted by molar-refractivity contribution is -0.359. The van der Waals surface area contributed by atoms with Crippen LogP contribution >= 0.6 is 0 Å². The minimum atomic E-state index is -1.78. The Bertz CT molecular complexity index is 1830. The fraction of sp³-hybridized carbons (Fsp3) is 0.893. The molecule has 1 amide bonds. The summed E-state index contributed by atoms with van der Waals surface area (Å²) in [6, 6.07) is -0.829. The largest absolute Gasteiger partial charge is 0.394 e. The molecular weight excluding hydrogens is 1230 g/mol. The quantitative estimate of drug-likeness (QED) is 0.0204. The molecule has 0 spiro atoms. The fourth-order valence-electron chi connectivity index (χ4n) is 14.0. The third-order valence-corrected chi connectivity index (χ3v) is 20.6. The van der Waals surface area contributed by atoms with Crippen LogP contribution in [0.4, 0.5) is 0 Å². The topological polar surface area (TPSA) is 228 Å². The number of aliphatic hydroxyl groups is 8. The molecule has 98 heavy (non-hydrogen) atoms. The molecule has 2 heterocycles. The van der Waals surface area contributed by atoms with E-state index in [1.165, 1.54) is 283 Å². The van der Waals surface area contributed by atoms with Crippen molar-refractivity contribution < 1.29 is 64.6 Å². The molecule has 576 valence electrons. The molecule has 0 aromatic heterocycles. The van der Waals surface area contributed by atoms with Gasteiger partial charge in [-0.3, -0.25) is 4.79 Å². The van der Waals surface area contributed by atoms with Gasteiger partial charge in [0.2, 0.25) is 5.91 Å². The van der Waals surface area contributed by atoms with Crippen molar-refractivity contribution >= 4 is 5.91 Å². The molecule has 12 atom stereocenters. The third-order valence-electron chi connectivity index (χ3n) is 20.6. The number of carbonyl (C=O) groups is 1. The third kappa shape index (κ3) is 50.4. The summed E-state index contributed by atoms with van der Waals surface area (Å²) in [5.74, 6) is -0.198. The van der Waals surface area contributed by atoms with Crippen LogP contribution < -0.4 is 5.32 Å². The van der Waals surface area contributed by atoms with Crippen LogP contribution in [0.15, 0.2) is 48.6 Å². The van der Waals surface area contributed by atoms with Gasteiger partial charge in [-0.15, -0.1) is 0 Å². The molecule has 2 aliphatic rings. The van der Waals surface area contributed by atoms with Gasteiger partial charge < -0.3 is 65.1 Å². The van der Waals surface area contributed by atoms with E-state index in [9.17, 15) is 45.6 Å². The number of aliphatic hydroxyl groups excluding tert-OH is 8. The van der Waals surface area contributed by atoms with Crippen molar-refractivity contribution in [2.24, 2.45) is 0 Å². The Hall–Kier alpha value is -2.05. The number of carbonyl (C=O) groups excluding carboxylic acids is 1. The number of hydrogen-bond acceptors (Lipinski definition) is 13. The van der Waals surface area contributed by atoms with E-state index in [0.717, 1.165) is 77.0 Å². The summed E-state index contributed by atoms with van der Waals surface area (Å²) in [4.78, 5) is 13.4. The standard InChI is InChI=1S/C84H157NO13/c1-3-5-7-9-11-13-15-17-19-21-23-25-27-29-31-32-33-34-35-36-37-38-39-40-42-44-46-48-50-52-54-56-58-60-62-64-66-68-76(89)85-72(71-95-83-81(94)79(92)82(75(70-87)97-83)98-84-80(93)78(91)77(90)74(69-86)96-84)73(88)67-65-63-61-59-57-55-53-51-49-47-45-43-41-30-28-26-24-22-20-18-16-14-12-10-8-6-4-2/h5,7,11,13,17,19,23,25,72-75,77-84,86-88,90-94H,3-4,6,8-10,12,14-16,18,20-22,24,26-71H2,1-2H3,(H,85,89)/b7-5-,13-11-,19-17-,25-23-. The summed E-state index contributed by atoms with van der Waals surface area (Å²) in [7, 11) is 0. The summed E-state index contributed by atoms with van der Waals surface area (Å²) in [6.45, 7) is 2.82. The second-order valence-electron chi connectivity index (χ2n) is 29.6. The molecule has 14 nitrogen and oxygen atoms in total. The molecule has 2 aliphatic heterocycles. The number of rotatable bonds is 71. The average molecular weight is 1390 g/mol. The number of hydrogen-bond donors (Lipinski definition) is 9. The van der Waals surface area contributed by atoms with Crippen LogP contribution in [0.2, 0.25) is 0 Å². The van der Waals surface area contributed by atoms with Crippen LogP contribution in [0.25, 0.3) is 0 Å². The Labute approximate surface area is 601 Å². The normalized spacial score (nSPS) is 22.2. The molecule has 2 fully saturated rings. The van der Waals surface area contributed by atoms with Crippen molar-refractivity contribution in [1.82, 2.24) is 5.32 Å². The Morgan fingerprint density at radius 2 is 0.704 bits per heavy atom. The van der Waals surface area contributed by atoms with Gasteiger partial charge in [0.1, 0.15) is 48.8 Å². The first-order valence-corrected chi connectivity index (χ1v) is 41.9. The van der Waals surface area contributed by atoms with Crippen molar-refractivity contribution in [3.63, 3.8) is 0 Å². The highest BCUT2D eigenvalue weighted by Crippen LogP contribution is 2.31. The van der Waals surface area contributed by atoms with E-state index in [4.69, 9.17) is 18.9 Å². The van der Waals surface area contributed by atoms with E-state index >= 15 is 0 Å². The first kappa shape index (κ1) is 92.0. The minimum Gasteiger partial charge on any atom is -0.394 e. The van der Waals surface area contributed by atoms with Crippen LogP contribution in [0.3, 0.4) is 0 Å². The Morgan fingerprint density at radius 1 is 0.378 bits per heavy atom. The van der Waals surface area contributed by atoms with E-state index < -0.39 is 86.8 Å². The zero-order valence-electron chi connectivity index (χ0n) is 63.3. The second-order valence-corrected chi connectivity index (χ2v) is 29.6. The molecule has 0 aromatic carbocycles. The van der Waals surface area contributed by atoms with Crippen molar-refractivity contribution in [3.8, 4) is 0 Å². The number of unbranched alkanes of at least 4 members (excludes halogenated alkanes) is 50. The maximum absolute atomic E-state index is 13.4. The predicted molar refractivity (Wildman–Crippen MR) is 406 cm³/mol. The van der Waals surface area contributed by atoms with E-state index in [0.29, 0.717) is 12.8 Å². The van der Waals surface area contributed by atoms with Gasteiger partial charge in [-0.2, -0.15) is 0 Å². The van der Waals surface area contributed by atoms with Crippen LogP contribution in [0.5, 0.6) is 0 Å². The van der Waals surface area contributed by atoms with Crippen molar-refractivity contribution in [2.45, 2.75) is 460 Å². The highest BCUT2D eigenvalue weighted by molar-refractivity contribution is 5.76. The maximum atomic E-state index is 13.4. The van der Waals surface area contributed by atoms with E-state index in [-0.39, 0.29) is 12.5 Å². The van der Waals surface area contributed by atoms with Gasteiger partial charge in [0.25, 0.3) is 0 Å². The van der Waals surface area contributed by atoms with Crippen LogP contribution in [-0.2, 0) is 23.7 Å². The van der Waals surface area contributed by atoms with Gasteiger partial charge in [-0.05, 0) is 51.4 Å². The van der Waals surface area contributed by atoms with Gasteiger partial charge in [0.05, 0.1) is 32.0 Å². The summed E-state index contributed by atoms with van der Waals surface area (Å²) < 4.78 is 23.0. The Kier molecular flexibility index (Phi) is 63.9. The number of allylic oxidation sites excluding steroid dienone is 8. The molecule has 0 aliphatic carbocycles. The highest BCUT2D eigenvalue weighted by Gasteiger charge is 2.51. The van der Waals surface area contributed by atoms with Crippen LogP contribution in [0, 0.1) is 0 Å². The molecule has 12 unspecified atom stereocenters. The summed E-state index contributed by atoms with van der Waals surface area (Å²) in [5, 5.41) is 87.9. The van der Waals surface area contributed by atoms with Crippen molar-refractivity contribution in [2.75, 3.05) is 19.8 Å². The molecule has 0 radical (unpaired) electrons. The first-order valence-electron chi connectivity index (χ1n) is 41.9. The first-order chi connectivity index (χ1) is 48.1. The van der Waals surface area contributed by atoms with Gasteiger partial charge in [0, 0.05) is 6.42 Å². The highest BCUT2D eigenvalue weighted by atomic mass is 16.7. The Balaban J connectivity index is 1.57. The van der Waals surface area contributed by atoms with Crippen LogP contribution in [0.1, 0.15) is 386 Å². The average Bonchev–Trinajstić information content (AvgIpc) is 0.793. The van der Waals surface area contributed by atoms with Gasteiger partial charge in [-0.1, -0.05) is 377 Å². The molecular formula is C84H157NO13. The lowest BCUT2D eigenvalue weighted by atomic mass is 9.97. The zero-order valence-corrected chi connectivity index (χ0v) is 63.3. The number of amides is 1. The minimum absolute atomic E-state index is 0.198. The molecule has 0 bridgehead atoms. The fourth-order valence-corrected chi connectivity index (χ4v) is 14.0. The van der Waals surface area contributed by atoms with Gasteiger partial charge >= 0.3 is 0 Å². The van der Waals surface area contributed by atoms with Gasteiger partial charge in [-0.25, -0.2) is 0 Å². The summed E-state index contributed by atoms with van der Waals surface area (Å²) in [6.07, 6.45) is 74.5. The summed E-state index contributed by atoms with van der Waals surface area (Å²) in [5.41, 5.74) is 0. The summed E-state index contributed by atoms with van der Waals surface area (Å²) >= 11 is 0. The van der Waals surface area contributed by atoms with E-state index in [2.05, 4.69) is 67.8 Å². The van der Waals surface area contributed by atoms with Crippen molar-refractivity contribution in [3.05, 3.63) is 48.6 Å². The lowest BCUT2D eigenvalue weighted by Crippen LogP contribution is -2.65. The number of ether oxygens (including phenoxy) is 4. The number of nitrogens with one attached hydrogen (secondary N) is 1. The monoisotopic (exact) mass is 1390 g/mol. The molecule has 2 rings (SSSR count). The zero-order chi connectivity index (χ0) is 70.8. The second kappa shape index (κ2) is 68.1. The maximum Gasteiger partial charge on any atom is 0.220 e. The van der Waals surface area contributed by atoms with Gasteiger partial charge in [0.15, 0.2) is 12.6 Å². The molecule has 0 saturated carbocycles. The molecule has 0 aromatic rings. The SMILES string of the molecule is CC/C=C\C/C=C\C/C=C\C/C=C\CCCCCCCCCCCCCCCCCCCCCCCCCCC(=O)NC(COC1OC(CO)C(OC2OC(CO)C(O)C(O)C2O)C(O)C1O)C(O)CCCCCCCCCCCCCCCCCCCCCCCCCCCCC. The molecule has 2 saturated heterocycles. The van der Waals surface area contributed by atoms with Crippen molar-refractivity contribution in [1.29, 1.82) is 0 Å². The van der Waals surface area contributed by atoms with Crippen LogP contribution in [-0.4, -0.2) is 140 Å². The van der Waals surface area contributed by atoms with E-state index in [1.54, 1.807) is 0 Å². The molecule has 14 heteroatoms.